The highest BCUT2D eigenvalue weighted by Gasteiger charge is 2.22. The van der Waals surface area contributed by atoms with Gasteiger partial charge in [-0.1, -0.05) is 41.9 Å². The maximum atomic E-state index is 6.17. The molecule has 1 unspecified atom stereocenters. The average Bonchev–Trinajstić information content (AvgIpc) is 3.32. The van der Waals surface area contributed by atoms with Crippen molar-refractivity contribution >= 4 is 22.9 Å². The van der Waals surface area contributed by atoms with E-state index in [-0.39, 0.29) is 6.04 Å². The van der Waals surface area contributed by atoms with E-state index in [2.05, 4.69) is 51.1 Å². The molecule has 0 aliphatic rings. The molecule has 1 N–H and O–H groups in total. The van der Waals surface area contributed by atoms with Crippen LogP contribution in [-0.2, 0) is 0 Å². The minimum absolute atomic E-state index is 0.0523. The molecule has 0 amide bonds. The number of hydrogen-bond acceptors (Lipinski definition) is 2. The van der Waals surface area contributed by atoms with Crippen molar-refractivity contribution in [1.82, 2.24) is 14.5 Å². The Morgan fingerprint density at radius 1 is 1.09 bits per heavy atom. The molecule has 0 bridgehead atoms. The Kier molecular flexibility index (Phi) is 3.77. The van der Waals surface area contributed by atoms with Crippen LogP contribution in [0.3, 0.4) is 0 Å². The molecule has 0 fully saturated rings. The van der Waals surface area contributed by atoms with Crippen LogP contribution in [-0.4, -0.2) is 14.5 Å². The Hall–Kier alpha value is -2.30. The fourth-order valence-corrected chi connectivity index (χ4v) is 4.02. The van der Waals surface area contributed by atoms with E-state index in [4.69, 9.17) is 11.6 Å². The molecule has 3 aromatic heterocycles. The zero-order valence-corrected chi connectivity index (χ0v) is 13.8. The van der Waals surface area contributed by atoms with E-state index in [1.54, 1.807) is 17.5 Å². The zero-order chi connectivity index (χ0) is 15.6. The van der Waals surface area contributed by atoms with E-state index in [0.29, 0.717) is 0 Å². The molecule has 0 aliphatic carbocycles. The second kappa shape index (κ2) is 6.07. The van der Waals surface area contributed by atoms with Gasteiger partial charge in [-0.15, -0.1) is 11.3 Å². The molecular weight excluding hydrogens is 326 g/mol. The van der Waals surface area contributed by atoms with Gasteiger partial charge in [0.1, 0.15) is 0 Å². The number of aromatic amines is 1. The summed E-state index contributed by atoms with van der Waals surface area (Å²) < 4.78 is 2.90. The fourth-order valence-electron chi connectivity index (χ4n) is 2.83. The summed E-state index contributed by atoms with van der Waals surface area (Å²) in [5.41, 5.74) is 3.58. The predicted octanol–water partition coefficient (Wildman–Crippen LogP) is 5.23. The molecule has 1 aromatic carbocycles. The first-order valence-corrected chi connectivity index (χ1v) is 8.47. The summed E-state index contributed by atoms with van der Waals surface area (Å²) in [6, 6.07) is 14.5. The van der Waals surface area contributed by atoms with Crippen LogP contribution in [0.2, 0.25) is 4.34 Å². The number of imidazole rings is 1. The van der Waals surface area contributed by atoms with Gasteiger partial charge >= 0.3 is 0 Å². The molecule has 114 valence electrons. The van der Waals surface area contributed by atoms with E-state index in [0.717, 1.165) is 4.34 Å². The maximum Gasteiger partial charge on any atom is 0.0961 e. The molecule has 4 aromatic rings. The van der Waals surface area contributed by atoms with Gasteiger partial charge in [0, 0.05) is 40.8 Å². The fraction of sp³-hybridized carbons (Fsp3) is 0.0556. The van der Waals surface area contributed by atoms with Gasteiger partial charge < -0.3 is 9.55 Å². The Bertz CT molecular complexity index is 893. The van der Waals surface area contributed by atoms with Gasteiger partial charge in [0.2, 0.25) is 0 Å². The summed E-state index contributed by atoms with van der Waals surface area (Å²) in [6.07, 6.45) is 9.74. The van der Waals surface area contributed by atoms with Gasteiger partial charge in [0.05, 0.1) is 16.7 Å². The predicted molar refractivity (Wildman–Crippen MR) is 95.0 cm³/mol. The van der Waals surface area contributed by atoms with Crippen molar-refractivity contribution in [3.63, 3.8) is 0 Å². The van der Waals surface area contributed by atoms with Crippen LogP contribution in [0.1, 0.15) is 16.5 Å². The van der Waals surface area contributed by atoms with Crippen LogP contribution in [0.4, 0.5) is 0 Å². The van der Waals surface area contributed by atoms with Gasteiger partial charge in [-0.05, 0) is 17.7 Å². The number of H-pyrrole nitrogens is 1. The molecule has 3 heterocycles. The number of aromatic nitrogens is 3. The minimum atomic E-state index is 0.0523. The molecule has 23 heavy (non-hydrogen) atoms. The molecule has 1 atom stereocenters. The van der Waals surface area contributed by atoms with Gasteiger partial charge in [-0.3, -0.25) is 0 Å². The highest BCUT2D eigenvalue weighted by molar-refractivity contribution is 7.16. The molecule has 0 saturated carbocycles. The number of nitrogens with one attached hydrogen (secondary N) is 1. The van der Waals surface area contributed by atoms with Crippen LogP contribution in [0.15, 0.2) is 73.6 Å². The van der Waals surface area contributed by atoms with E-state index >= 15 is 0 Å². The summed E-state index contributed by atoms with van der Waals surface area (Å²) in [6.45, 7) is 0. The lowest BCUT2D eigenvalue weighted by molar-refractivity contribution is 0.690. The molecular formula is C18H14ClN3S. The van der Waals surface area contributed by atoms with Gasteiger partial charge in [0.15, 0.2) is 0 Å². The summed E-state index contributed by atoms with van der Waals surface area (Å²) in [7, 11) is 0. The minimum Gasteiger partial charge on any atom is -0.367 e. The van der Waals surface area contributed by atoms with E-state index in [1.807, 2.05) is 30.9 Å². The molecule has 5 heteroatoms. The van der Waals surface area contributed by atoms with Crippen molar-refractivity contribution in [3.05, 3.63) is 88.4 Å². The summed E-state index contributed by atoms with van der Waals surface area (Å²) >= 11 is 7.77. The first-order valence-electron chi connectivity index (χ1n) is 7.27. The third kappa shape index (κ3) is 2.71. The van der Waals surface area contributed by atoms with Crippen molar-refractivity contribution < 1.29 is 0 Å². The monoisotopic (exact) mass is 339 g/mol. The average molecular weight is 340 g/mol. The number of hydrogen-bond donors (Lipinski definition) is 1. The highest BCUT2D eigenvalue weighted by Crippen LogP contribution is 2.38. The smallest absolute Gasteiger partial charge is 0.0961 e. The third-order valence-corrected chi connectivity index (χ3v) is 5.13. The SMILES string of the molecule is Clc1ccc(C(c2c[nH]cc2-c2ccccc2)n2ccnc2)s1. The molecule has 0 saturated heterocycles. The Balaban J connectivity index is 1.87. The van der Waals surface area contributed by atoms with Crippen LogP contribution < -0.4 is 0 Å². The van der Waals surface area contributed by atoms with Crippen molar-refractivity contribution in [1.29, 1.82) is 0 Å². The van der Waals surface area contributed by atoms with Crippen LogP contribution in [0.5, 0.6) is 0 Å². The van der Waals surface area contributed by atoms with Crippen molar-refractivity contribution in [2.24, 2.45) is 0 Å². The largest absolute Gasteiger partial charge is 0.367 e. The Labute approximate surface area is 143 Å². The molecule has 0 radical (unpaired) electrons. The van der Waals surface area contributed by atoms with E-state index in [1.165, 1.54) is 21.6 Å². The first kappa shape index (κ1) is 14.3. The highest BCUT2D eigenvalue weighted by atomic mass is 35.5. The maximum absolute atomic E-state index is 6.17. The molecule has 4 rings (SSSR count). The lowest BCUT2D eigenvalue weighted by Gasteiger charge is -2.18. The second-order valence-electron chi connectivity index (χ2n) is 5.24. The zero-order valence-electron chi connectivity index (χ0n) is 12.2. The molecule has 0 aliphatic heterocycles. The van der Waals surface area contributed by atoms with E-state index in [9.17, 15) is 0 Å². The van der Waals surface area contributed by atoms with Crippen LogP contribution >= 0.6 is 22.9 Å². The van der Waals surface area contributed by atoms with Crippen molar-refractivity contribution in [3.8, 4) is 11.1 Å². The summed E-state index contributed by atoms with van der Waals surface area (Å²) in [5, 5.41) is 0. The number of benzene rings is 1. The first-order chi connectivity index (χ1) is 11.3. The van der Waals surface area contributed by atoms with Gasteiger partial charge in [-0.2, -0.15) is 0 Å². The normalized spacial score (nSPS) is 12.4. The lowest BCUT2D eigenvalue weighted by Crippen LogP contribution is -2.09. The van der Waals surface area contributed by atoms with Crippen LogP contribution in [0, 0.1) is 0 Å². The molecule has 3 nitrogen and oxygen atoms in total. The quantitative estimate of drug-likeness (QED) is 0.542. The lowest BCUT2D eigenvalue weighted by atomic mass is 9.98. The van der Waals surface area contributed by atoms with Crippen LogP contribution in [0.25, 0.3) is 11.1 Å². The third-order valence-electron chi connectivity index (χ3n) is 3.84. The van der Waals surface area contributed by atoms with E-state index < -0.39 is 0 Å². The number of halogens is 1. The molecule has 0 spiro atoms. The number of thiophene rings is 1. The van der Waals surface area contributed by atoms with Crippen molar-refractivity contribution in [2.45, 2.75) is 6.04 Å². The summed E-state index contributed by atoms with van der Waals surface area (Å²) in [5.74, 6) is 0. The topological polar surface area (TPSA) is 33.6 Å². The standard InChI is InChI=1S/C18H14ClN3S/c19-17-7-6-16(23-17)18(22-9-8-20-12-22)15-11-21-10-14(15)13-4-2-1-3-5-13/h1-12,18,21H. The van der Waals surface area contributed by atoms with Crippen molar-refractivity contribution in [2.75, 3.05) is 0 Å². The van der Waals surface area contributed by atoms with Gasteiger partial charge in [0.25, 0.3) is 0 Å². The number of rotatable bonds is 4. The second-order valence-corrected chi connectivity index (χ2v) is 6.99. The number of nitrogens with zero attached hydrogens (tertiary/aromatic N) is 2. The Morgan fingerprint density at radius 2 is 1.96 bits per heavy atom. The Morgan fingerprint density at radius 3 is 2.65 bits per heavy atom. The summed E-state index contributed by atoms with van der Waals surface area (Å²) in [4.78, 5) is 8.65. The van der Waals surface area contributed by atoms with Gasteiger partial charge in [-0.25, -0.2) is 4.98 Å².